The van der Waals surface area contributed by atoms with E-state index in [0.29, 0.717) is 19.5 Å². The van der Waals surface area contributed by atoms with Crippen LogP contribution in [-0.4, -0.2) is 80.7 Å². The highest BCUT2D eigenvalue weighted by atomic mass is 32.2. The van der Waals surface area contributed by atoms with Crippen molar-refractivity contribution in [3.63, 3.8) is 0 Å². The Hall–Kier alpha value is -2.27. The highest BCUT2D eigenvalue weighted by molar-refractivity contribution is 7.92. The maximum Gasteiger partial charge on any atom is 0.410 e. The van der Waals surface area contributed by atoms with Gasteiger partial charge >= 0.3 is 12.1 Å². The predicted octanol–water partition coefficient (Wildman–Crippen LogP) is -1.79. The molecule has 3 heterocycles. The SMILES string of the molecule is O=CNC1C(=O)N2C(C(=O)O)=C(COC(=O)N3CCC3)C[S+]([O-])[C@H]12. The summed E-state index contributed by atoms with van der Waals surface area (Å²) < 4.78 is 17.3. The van der Waals surface area contributed by atoms with E-state index in [1.807, 2.05) is 0 Å². The van der Waals surface area contributed by atoms with Crippen LogP contribution in [-0.2, 0) is 30.3 Å². The third-order valence-corrected chi connectivity index (χ3v) is 5.79. The third kappa shape index (κ3) is 2.59. The molecule has 2 N–H and O–H groups in total. The van der Waals surface area contributed by atoms with Crippen molar-refractivity contribution in [2.24, 2.45) is 0 Å². The van der Waals surface area contributed by atoms with E-state index < -0.39 is 40.6 Å². The summed E-state index contributed by atoms with van der Waals surface area (Å²) in [6.07, 6.45) is 0.630. The Kier molecular flexibility index (Phi) is 4.37. The number of nitrogens with zero attached hydrogens (tertiary/aromatic N) is 2. The molecule has 3 rings (SSSR count). The average molecular weight is 357 g/mol. The highest BCUT2D eigenvalue weighted by Crippen LogP contribution is 2.36. The fourth-order valence-electron chi connectivity index (χ4n) is 2.80. The quantitative estimate of drug-likeness (QED) is 0.336. The Morgan fingerprint density at radius 2 is 2.17 bits per heavy atom. The second-order valence-corrected chi connectivity index (χ2v) is 7.07. The van der Waals surface area contributed by atoms with Crippen molar-refractivity contribution in [3.05, 3.63) is 11.3 Å². The van der Waals surface area contributed by atoms with Crippen molar-refractivity contribution >= 4 is 35.6 Å². The summed E-state index contributed by atoms with van der Waals surface area (Å²) in [6, 6.07) is -0.997. The summed E-state index contributed by atoms with van der Waals surface area (Å²) in [5.41, 5.74) is -0.214. The molecule has 3 aliphatic heterocycles. The second-order valence-electron chi connectivity index (χ2n) is 5.54. The summed E-state index contributed by atoms with van der Waals surface area (Å²) >= 11 is -1.60. The van der Waals surface area contributed by atoms with E-state index in [1.165, 1.54) is 4.90 Å². The van der Waals surface area contributed by atoms with Gasteiger partial charge in [-0.3, -0.25) is 14.5 Å². The molecule has 0 radical (unpaired) electrons. The molecule has 2 fully saturated rings. The number of carboxylic acids is 1. The van der Waals surface area contributed by atoms with E-state index in [2.05, 4.69) is 5.32 Å². The lowest BCUT2D eigenvalue weighted by molar-refractivity contribution is -0.150. The molecule has 3 amide bonds. The average Bonchev–Trinajstić information content (AvgIpc) is 2.48. The van der Waals surface area contributed by atoms with Crippen LogP contribution in [0.1, 0.15) is 6.42 Å². The van der Waals surface area contributed by atoms with Crippen LogP contribution in [0.3, 0.4) is 0 Å². The lowest BCUT2D eigenvalue weighted by Crippen LogP contribution is -2.74. The van der Waals surface area contributed by atoms with Gasteiger partial charge in [-0.1, -0.05) is 0 Å². The van der Waals surface area contributed by atoms with Crippen LogP contribution in [0.15, 0.2) is 11.3 Å². The molecule has 3 atom stereocenters. The number of carboxylic acid groups (broad SMARTS) is 1. The Morgan fingerprint density at radius 3 is 2.71 bits per heavy atom. The van der Waals surface area contributed by atoms with Gasteiger partial charge in [0.15, 0.2) is 6.04 Å². The van der Waals surface area contributed by atoms with Gasteiger partial charge in [-0.05, 0) is 17.6 Å². The zero-order valence-electron chi connectivity index (χ0n) is 12.5. The van der Waals surface area contributed by atoms with Crippen molar-refractivity contribution < 1.29 is 33.6 Å². The van der Waals surface area contributed by atoms with Crippen molar-refractivity contribution in [2.75, 3.05) is 25.4 Å². The van der Waals surface area contributed by atoms with E-state index >= 15 is 0 Å². The molecule has 0 aliphatic carbocycles. The van der Waals surface area contributed by atoms with E-state index in [9.17, 15) is 28.8 Å². The minimum Gasteiger partial charge on any atom is -0.614 e. The molecule has 0 saturated carbocycles. The molecule has 3 aliphatic rings. The van der Waals surface area contributed by atoms with Crippen molar-refractivity contribution in [1.29, 1.82) is 0 Å². The topological polar surface area (TPSA) is 139 Å². The molecule has 0 aromatic carbocycles. The maximum absolute atomic E-state index is 12.3. The molecular formula is C13H15N3O7S. The monoisotopic (exact) mass is 357 g/mol. The smallest absolute Gasteiger partial charge is 0.410 e. The number of amides is 3. The number of fused-ring (bicyclic) bond motifs is 1. The lowest BCUT2D eigenvalue weighted by Gasteiger charge is -2.48. The molecule has 10 nitrogen and oxygen atoms in total. The van der Waals surface area contributed by atoms with Gasteiger partial charge in [-0.25, -0.2) is 9.59 Å². The first-order valence-corrected chi connectivity index (χ1v) is 8.61. The number of rotatable bonds is 5. The number of ether oxygens (including phenoxy) is 1. The van der Waals surface area contributed by atoms with E-state index in [0.717, 1.165) is 11.3 Å². The number of nitrogens with one attached hydrogen (secondary N) is 1. The zero-order chi connectivity index (χ0) is 17.4. The standard InChI is InChI=1S/C13H15N3O7S/c17-6-14-8-10(18)16-9(12(19)20)7(5-24(22)11(8)16)4-23-13(21)15-2-1-3-15/h6,8,11H,1-5H2,(H,14,17)(H,19,20)/t8?,11-,24?/m1/s1. The van der Waals surface area contributed by atoms with Crippen molar-refractivity contribution in [2.45, 2.75) is 17.8 Å². The Balaban J connectivity index is 1.78. The van der Waals surface area contributed by atoms with Crippen LogP contribution in [0.4, 0.5) is 4.79 Å². The minimum absolute atomic E-state index is 0.115. The summed E-state index contributed by atoms with van der Waals surface area (Å²) in [7, 11) is 0. The minimum atomic E-state index is -1.60. The van der Waals surface area contributed by atoms with E-state index in [1.54, 1.807) is 0 Å². The molecule has 130 valence electrons. The molecule has 0 aromatic heterocycles. The number of hydrogen-bond acceptors (Lipinski definition) is 6. The summed E-state index contributed by atoms with van der Waals surface area (Å²) in [6.45, 7) is 0.827. The van der Waals surface area contributed by atoms with Gasteiger partial charge < -0.3 is 24.6 Å². The van der Waals surface area contributed by atoms with Crippen LogP contribution in [0, 0.1) is 0 Å². The second kappa shape index (κ2) is 6.32. The molecular weight excluding hydrogens is 342 g/mol. The summed E-state index contributed by atoms with van der Waals surface area (Å²) in [5, 5.41) is 10.7. The van der Waals surface area contributed by atoms with Crippen LogP contribution in [0.2, 0.25) is 0 Å². The van der Waals surface area contributed by atoms with Crippen molar-refractivity contribution in [3.8, 4) is 0 Å². The van der Waals surface area contributed by atoms with Crippen LogP contribution in [0.5, 0.6) is 0 Å². The van der Waals surface area contributed by atoms with E-state index in [-0.39, 0.29) is 23.6 Å². The normalized spacial score (nSPS) is 28.5. The van der Waals surface area contributed by atoms with Gasteiger partial charge in [-0.15, -0.1) is 0 Å². The number of β-lactam (4-membered cyclic amide) rings is 1. The third-order valence-electron chi connectivity index (χ3n) is 4.14. The fraction of sp³-hybridized carbons (Fsp3) is 0.538. The Labute approximate surface area is 139 Å². The van der Waals surface area contributed by atoms with Gasteiger partial charge in [0, 0.05) is 18.7 Å². The first kappa shape index (κ1) is 16.6. The predicted molar refractivity (Wildman–Crippen MR) is 78.8 cm³/mol. The summed E-state index contributed by atoms with van der Waals surface area (Å²) in [4.78, 5) is 48.2. The Bertz CT molecular complexity index is 633. The van der Waals surface area contributed by atoms with Crippen LogP contribution < -0.4 is 5.32 Å². The first-order chi connectivity index (χ1) is 11.5. The van der Waals surface area contributed by atoms with Gasteiger partial charge in [0.05, 0.1) is 0 Å². The molecule has 2 saturated heterocycles. The number of carbonyl (C=O) groups is 4. The lowest BCUT2D eigenvalue weighted by atomic mass is 10.0. The Morgan fingerprint density at radius 1 is 1.46 bits per heavy atom. The molecule has 24 heavy (non-hydrogen) atoms. The number of aliphatic carboxylic acids is 1. The molecule has 11 heteroatoms. The number of carbonyl (C=O) groups excluding carboxylic acids is 3. The molecule has 0 spiro atoms. The molecule has 2 unspecified atom stereocenters. The van der Waals surface area contributed by atoms with Gasteiger partial charge in [0.2, 0.25) is 11.8 Å². The highest BCUT2D eigenvalue weighted by Gasteiger charge is 2.60. The van der Waals surface area contributed by atoms with Gasteiger partial charge in [0.1, 0.15) is 18.1 Å². The van der Waals surface area contributed by atoms with Crippen LogP contribution in [0.25, 0.3) is 0 Å². The van der Waals surface area contributed by atoms with Crippen LogP contribution >= 0.6 is 0 Å². The van der Waals surface area contributed by atoms with Crippen molar-refractivity contribution in [1.82, 2.24) is 15.1 Å². The molecule has 0 aromatic rings. The van der Waals surface area contributed by atoms with E-state index in [4.69, 9.17) is 4.74 Å². The van der Waals surface area contributed by atoms with Gasteiger partial charge in [-0.2, -0.15) is 0 Å². The zero-order valence-corrected chi connectivity index (χ0v) is 13.3. The van der Waals surface area contributed by atoms with Gasteiger partial charge in [0.25, 0.3) is 5.91 Å². The summed E-state index contributed by atoms with van der Waals surface area (Å²) in [5.74, 6) is -2.16. The number of likely N-dealkylation sites (tertiary alicyclic amines) is 1. The number of hydrogen-bond donors (Lipinski definition) is 2. The largest absolute Gasteiger partial charge is 0.614 e. The first-order valence-electron chi connectivity index (χ1n) is 7.22. The fourth-order valence-corrected chi connectivity index (χ4v) is 4.47. The maximum atomic E-state index is 12.3. The molecule has 0 bridgehead atoms.